The lowest BCUT2D eigenvalue weighted by Gasteiger charge is -2.34. The summed E-state index contributed by atoms with van der Waals surface area (Å²) in [4.78, 5) is 2.68. The first-order valence-corrected chi connectivity index (χ1v) is 11.8. The van der Waals surface area contributed by atoms with Gasteiger partial charge in [-0.2, -0.15) is 0 Å². The Balaban J connectivity index is 1.32. The van der Waals surface area contributed by atoms with Gasteiger partial charge in [0.2, 0.25) is 0 Å². The lowest BCUT2D eigenvalue weighted by atomic mass is 9.92. The maximum Gasteiger partial charge on any atom is 0.122 e. The fourth-order valence-electron chi connectivity index (χ4n) is 4.89. The largest absolute Gasteiger partial charge is 0.489 e. The molecule has 0 radical (unpaired) electrons. The Morgan fingerprint density at radius 2 is 1.67 bits per heavy atom. The van der Waals surface area contributed by atoms with Crippen molar-refractivity contribution in [2.75, 3.05) is 20.2 Å². The molecule has 1 saturated heterocycles. The van der Waals surface area contributed by atoms with Crippen LogP contribution in [-0.4, -0.2) is 37.2 Å². The minimum atomic E-state index is 0.458. The summed E-state index contributed by atoms with van der Waals surface area (Å²) in [5, 5.41) is 1.43. The highest BCUT2D eigenvalue weighted by Gasteiger charge is 2.31. The van der Waals surface area contributed by atoms with Crippen LogP contribution in [0.2, 0.25) is 10.0 Å². The SMILES string of the molecule is COC1CCC(N2CC[C@@H](Cc3c(Cl)cc(OCc4ccccc4)cc3Cl)C2)CC1. The van der Waals surface area contributed by atoms with Crippen molar-refractivity contribution >= 4 is 23.2 Å². The quantitative estimate of drug-likeness (QED) is 0.490. The normalized spacial score (nSPS) is 24.8. The van der Waals surface area contributed by atoms with Crippen molar-refractivity contribution in [2.24, 2.45) is 5.92 Å². The van der Waals surface area contributed by atoms with Crippen LogP contribution in [0, 0.1) is 5.92 Å². The standard InChI is InChI=1S/C25H31Cl2NO2/c1-29-21-9-7-20(8-10-21)28-12-11-19(16-28)13-23-24(26)14-22(15-25(23)27)30-17-18-5-3-2-4-6-18/h2-6,14-15,19-21H,7-13,16-17H2,1H3/t19-,20?,21?/m0/s1. The second-order valence-corrected chi connectivity index (χ2v) is 9.47. The molecule has 0 spiro atoms. The number of ether oxygens (including phenoxy) is 2. The molecule has 0 bridgehead atoms. The van der Waals surface area contributed by atoms with Gasteiger partial charge in [-0.15, -0.1) is 0 Å². The molecule has 0 unspecified atom stereocenters. The highest BCUT2D eigenvalue weighted by Crippen LogP contribution is 2.35. The van der Waals surface area contributed by atoms with E-state index in [9.17, 15) is 0 Å². The van der Waals surface area contributed by atoms with Gasteiger partial charge in [-0.3, -0.25) is 0 Å². The first-order valence-electron chi connectivity index (χ1n) is 11.0. The van der Waals surface area contributed by atoms with Gasteiger partial charge in [0, 0.05) is 29.7 Å². The number of nitrogens with zero attached hydrogens (tertiary/aromatic N) is 1. The third-order valence-electron chi connectivity index (χ3n) is 6.67. The molecule has 1 heterocycles. The summed E-state index contributed by atoms with van der Waals surface area (Å²) in [6.45, 7) is 2.83. The number of rotatable bonds is 7. The van der Waals surface area contributed by atoms with Gasteiger partial charge in [0.1, 0.15) is 12.4 Å². The molecule has 4 rings (SSSR count). The molecule has 2 aliphatic rings. The Morgan fingerprint density at radius 1 is 0.967 bits per heavy atom. The lowest BCUT2D eigenvalue weighted by molar-refractivity contribution is 0.0430. The molecular weight excluding hydrogens is 417 g/mol. The zero-order chi connectivity index (χ0) is 20.9. The summed E-state index contributed by atoms with van der Waals surface area (Å²) >= 11 is 13.2. The van der Waals surface area contributed by atoms with Crippen LogP contribution in [0.5, 0.6) is 5.75 Å². The van der Waals surface area contributed by atoms with E-state index in [1.807, 2.05) is 49.6 Å². The average Bonchev–Trinajstić information content (AvgIpc) is 3.24. The smallest absolute Gasteiger partial charge is 0.122 e. The van der Waals surface area contributed by atoms with Crippen LogP contribution < -0.4 is 4.74 Å². The molecule has 0 amide bonds. The van der Waals surface area contributed by atoms with E-state index < -0.39 is 0 Å². The highest BCUT2D eigenvalue weighted by molar-refractivity contribution is 6.36. The van der Waals surface area contributed by atoms with Crippen LogP contribution in [0.3, 0.4) is 0 Å². The first-order chi connectivity index (χ1) is 14.6. The Bertz CT molecular complexity index is 798. The van der Waals surface area contributed by atoms with Gasteiger partial charge in [0.05, 0.1) is 6.10 Å². The van der Waals surface area contributed by atoms with Gasteiger partial charge in [-0.1, -0.05) is 53.5 Å². The Labute approximate surface area is 190 Å². The Hall–Kier alpha value is -1.26. The van der Waals surface area contributed by atoms with Crippen molar-refractivity contribution in [2.45, 2.75) is 57.3 Å². The van der Waals surface area contributed by atoms with Crippen molar-refractivity contribution in [3.05, 3.63) is 63.6 Å². The zero-order valence-corrected chi connectivity index (χ0v) is 19.2. The summed E-state index contributed by atoms with van der Waals surface area (Å²) < 4.78 is 11.4. The Kier molecular flexibility index (Phi) is 7.59. The van der Waals surface area contributed by atoms with E-state index in [0.29, 0.717) is 34.7 Å². The van der Waals surface area contributed by atoms with Crippen molar-refractivity contribution in [3.8, 4) is 5.75 Å². The number of benzene rings is 2. The number of halogens is 2. The van der Waals surface area contributed by atoms with Crippen LogP contribution in [0.15, 0.2) is 42.5 Å². The minimum absolute atomic E-state index is 0.458. The fourth-order valence-corrected chi connectivity index (χ4v) is 5.52. The van der Waals surface area contributed by atoms with Crippen LogP contribution in [0.1, 0.15) is 43.2 Å². The van der Waals surface area contributed by atoms with E-state index in [-0.39, 0.29) is 0 Å². The predicted molar refractivity (Wildman–Crippen MR) is 124 cm³/mol. The van der Waals surface area contributed by atoms with Gasteiger partial charge in [-0.05, 0) is 74.2 Å². The van der Waals surface area contributed by atoms with Gasteiger partial charge in [0.15, 0.2) is 0 Å². The lowest BCUT2D eigenvalue weighted by Crippen LogP contribution is -2.38. The number of hydrogen-bond acceptors (Lipinski definition) is 3. The molecule has 5 heteroatoms. The van der Waals surface area contributed by atoms with E-state index in [1.165, 1.54) is 38.6 Å². The summed E-state index contributed by atoms with van der Waals surface area (Å²) in [7, 11) is 1.84. The van der Waals surface area contributed by atoms with Gasteiger partial charge in [-0.25, -0.2) is 0 Å². The second kappa shape index (κ2) is 10.4. The van der Waals surface area contributed by atoms with E-state index in [0.717, 1.165) is 29.8 Å². The molecule has 0 N–H and O–H groups in total. The topological polar surface area (TPSA) is 21.7 Å². The maximum atomic E-state index is 6.62. The van der Waals surface area contributed by atoms with Crippen molar-refractivity contribution in [3.63, 3.8) is 0 Å². The minimum Gasteiger partial charge on any atom is -0.489 e. The van der Waals surface area contributed by atoms with E-state index >= 15 is 0 Å². The molecule has 2 fully saturated rings. The van der Waals surface area contributed by atoms with Crippen LogP contribution in [0.25, 0.3) is 0 Å². The molecule has 0 aromatic heterocycles. The molecule has 1 aliphatic heterocycles. The van der Waals surface area contributed by atoms with E-state index in [2.05, 4.69) is 4.90 Å². The molecule has 3 nitrogen and oxygen atoms in total. The second-order valence-electron chi connectivity index (χ2n) is 8.66. The van der Waals surface area contributed by atoms with E-state index in [1.54, 1.807) is 0 Å². The van der Waals surface area contributed by atoms with Gasteiger partial charge < -0.3 is 14.4 Å². The molecule has 2 aromatic rings. The van der Waals surface area contributed by atoms with Crippen LogP contribution in [-0.2, 0) is 17.8 Å². The van der Waals surface area contributed by atoms with Gasteiger partial charge in [0.25, 0.3) is 0 Å². The third kappa shape index (κ3) is 5.50. The monoisotopic (exact) mass is 447 g/mol. The number of likely N-dealkylation sites (tertiary alicyclic amines) is 1. The van der Waals surface area contributed by atoms with Crippen molar-refractivity contribution in [1.29, 1.82) is 0 Å². The van der Waals surface area contributed by atoms with Crippen LogP contribution in [0.4, 0.5) is 0 Å². The molecule has 2 aromatic carbocycles. The zero-order valence-electron chi connectivity index (χ0n) is 17.7. The molecule has 1 aliphatic carbocycles. The van der Waals surface area contributed by atoms with E-state index in [4.69, 9.17) is 32.7 Å². The highest BCUT2D eigenvalue weighted by atomic mass is 35.5. The number of hydrogen-bond donors (Lipinski definition) is 0. The van der Waals surface area contributed by atoms with Crippen molar-refractivity contribution < 1.29 is 9.47 Å². The molecule has 30 heavy (non-hydrogen) atoms. The Morgan fingerprint density at radius 3 is 2.33 bits per heavy atom. The first kappa shape index (κ1) is 22.0. The van der Waals surface area contributed by atoms with Gasteiger partial charge >= 0.3 is 0 Å². The molecule has 1 atom stereocenters. The summed E-state index contributed by atoms with van der Waals surface area (Å²) in [6, 6.07) is 14.6. The summed E-state index contributed by atoms with van der Waals surface area (Å²) in [5.74, 6) is 1.33. The summed E-state index contributed by atoms with van der Waals surface area (Å²) in [5.41, 5.74) is 2.18. The third-order valence-corrected chi connectivity index (χ3v) is 7.34. The molecule has 1 saturated carbocycles. The van der Waals surface area contributed by atoms with Crippen LogP contribution >= 0.6 is 23.2 Å². The molecule has 162 valence electrons. The molecular formula is C25H31Cl2NO2. The number of methoxy groups -OCH3 is 1. The van der Waals surface area contributed by atoms with Crippen molar-refractivity contribution in [1.82, 2.24) is 4.90 Å². The fraction of sp³-hybridized carbons (Fsp3) is 0.520. The average molecular weight is 448 g/mol. The predicted octanol–water partition coefficient (Wildman–Crippen LogP) is 6.39. The summed E-state index contributed by atoms with van der Waals surface area (Å²) in [6.07, 6.45) is 7.47. The maximum absolute atomic E-state index is 6.62.